The second kappa shape index (κ2) is 58.5. The van der Waals surface area contributed by atoms with Crippen LogP contribution in [-0.4, -0.2) is 282 Å². The number of nitrogens with two attached hydrogens (primary N) is 7. The number of aromatic amines is 2. The van der Waals surface area contributed by atoms with Crippen molar-refractivity contribution < 1.29 is 101 Å². The number of aliphatic hydroxyl groups excluding tert-OH is 1. The third-order valence-electron chi connectivity index (χ3n) is 19.1. The summed E-state index contributed by atoms with van der Waals surface area (Å²) in [6.07, 6.45) is 2.20. The Kier molecular flexibility index (Phi) is 51.2. The van der Waals surface area contributed by atoms with Gasteiger partial charge < -0.3 is 140 Å². The molecular formula is C77H131N27O21S2. The number of thioether (sulfide) groups is 2. The van der Waals surface area contributed by atoms with E-state index in [0.29, 0.717) is 12.1 Å². The zero-order valence-corrected chi connectivity index (χ0v) is 74.9. The number of hydrogen-bond acceptors (Lipinski definition) is 27. The average molecular weight is 1840 g/mol. The fourth-order valence-electron chi connectivity index (χ4n) is 12.5. The van der Waals surface area contributed by atoms with Crippen molar-refractivity contribution in [3.8, 4) is 0 Å². The topological polar surface area (TPSA) is 809 Å². The molecule has 50 heteroatoms. The van der Waals surface area contributed by atoms with Gasteiger partial charge in [-0.3, -0.25) is 91.7 Å². The molecule has 0 unspecified atom stereocenters. The number of imidazole rings is 2. The third-order valence-corrected chi connectivity index (χ3v) is 20.4. The normalized spacial score (nSPS) is 15.0. The molecule has 16 atom stereocenters. The van der Waals surface area contributed by atoms with Crippen LogP contribution in [0.3, 0.4) is 0 Å². The lowest BCUT2D eigenvalue weighted by Gasteiger charge is -2.29. The summed E-state index contributed by atoms with van der Waals surface area (Å²) in [5, 5.41) is 65.8. The number of nitrogens with zero attached hydrogens (tertiary/aromatic N) is 2. The van der Waals surface area contributed by atoms with Gasteiger partial charge in [0.15, 0.2) is 5.96 Å². The summed E-state index contributed by atoms with van der Waals surface area (Å²) in [4.78, 5) is 275. The van der Waals surface area contributed by atoms with Crippen LogP contribution in [-0.2, 0) is 104 Å². The van der Waals surface area contributed by atoms with Crippen LogP contribution in [0.15, 0.2) is 25.0 Å². The molecule has 0 saturated heterocycles. The highest BCUT2D eigenvalue weighted by molar-refractivity contribution is 7.98. The summed E-state index contributed by atoms with van der Waals surface area (Å²) in [6, 6.07) is -23.8. The van der Waals surface area contributed by atoms with Gasteiger partial charge >= 0.3 is 5.97 Å². The lowest BCUT2D eigenvalue weighted by molar-refractivity contribution is -0.142. The molecule has 0 aliphatic rings. The number of primary amides is 4. The van der Waals surface area contributed by atoms with E-state index < -0.39 is 260 Å². The van der Waals surface area contributed by atoms with E-state index in [1.807, 2.05) is 0 Å². The number of carbonyl (C=O) groups is 19. The average Bonchev–Trinajstić information content (AvgIpc) is 1.48. The molecule has 2 heterocycles. The van der Waals surface area contributed by atoms with E-state index in [1.54, 1.807) is 54.1 Å². The van der Waals surface area contributed by atoms with Crippen LogP contribution in [0.5, 0.6) is 0 Å². The maximum Gasteiger partial charge on any atom is 0.326 e. The first-order valence-electron chi connectivity index (χ1n) is 41.5. The number of unbranched alkanes of at least 4 members (excludes halogenated alkanes) is 1. The van der Waals surface area contributed by atoms with Gasteiger partial charge in [0, 0.05) is 44.6 Å². The molecule has 0 aliphatic heterocycles. The number of carboxylic acids is 1. The second-order valence-electron chi connectivity index (χ2n) is 31.7. The zero-order chi connectivity index (χ0) is 95.9. The standard InChI is InChI=1S/C77H131N27O21S2/c1-37(2)26-51(70(118)91-40(7)62(110)103-56(76(124)125)28-39(5)6)99-67(115)48(17-19-58(81)107)93-71(119)52(27-38(3)4)100-64(112)45(14-11-12-22-78)97-75(123)61(41(8)105)104-69(117)50(21-25-127-10)96-74(122)55(32-60(83)109)102-65(113)46(15-13-23-88-77(84)85)92-66(114)47(16-18-57(80)106)94-72(120)53(30-43-34-87-36-90-43)101-68(116)49(20-24-126-9)95-73(121)54(31-59(82)108)98-63(111)44(79)29-42-33-86-35-89-42/h33-41,44-56,61,105H,11-32,78-79H2,1-10H3,(H2,80,106)(H2,81,107)(H2,82,108)(H2,83,109)(H,86,89)(H,87,90)(H,91,118)(H,92,114)(H,93,119)(H,94,120)(H,95,121)(H,96,122)(H,97,123)(H,98,111)(H,99,115)(H,100,112)(H,101,116)(H,102,113)(H,103,110)(H,104,117)(H,124,125)(H4,84,85,88)/t40-,41+,44-,45-,46-,47-,48-,49-,50-,51-,52-,53-,54-,55-,56-,61-/m0/s1. The Labute approximate surface area is 743 Å². The van der Waals surface area contributed by atoms with Crippen molar-refractivity contribution in [1.82, 2.24) is 99.7 Å². The van der Waals surface area contributed by atoms with Crippen LogP contribution in [0.2, 0.25) is 0 Å². The number of amides is 18. The maximum absolute atomic E-state index is 14.7. The highest BCUT2D eigenvalue weighted by Gasteiger charge is 2.40. The molecular weight excluding hydrogens is 1700 g/mol. The van der Waals surface area contributed by atoms with Gasteiger partial charge in [-0.1, -0.05) is 41.5 Å². The number of carboxylic acid groups (broad SMARTS) is 1. The number of H-pyrrole nitrogens is 2. The monoisotopic (exact) mass is 1830 g/mol. The predicted molar refractivity (Wildman–Crippen MR) is 465 cm³/mol. The van der Waals surface area contributed by atoms with Crippen LogP contribution in [0.4, 0.5) is 0 Å². The molecule has 127 heavy (non-hydrogen) atoms. The molecule has 0 radical (unpaired) electrons. The number of nitrogens with one attached hydrogen (secondary N) is 18. The van der Waals surface area contributed by atoms with Crippen molar-refractivity contribution in [3.05, 3.63) is 36.4 Å². The van der Waals surface area contributed by atoms with E-state index in [1.165, 1.54) is 55.5 Å². The Morgan fingerprint density at radius 1 is 0.394 bits per heavy atom. The van der Waals surface area contributed by atoms with E-state index in [4.69, 9.17) is 45.5 Å². The number of hydrogen-bond donors (Lipinski definition) is 27. The van der Waals surface area contributed by atoms with Gasteiger partial charge in [0.2, 0.25) is 106 Å². The molecule has 0 bridgehead atoms. The molecule has 2 aromatic heterocycles. The minimum absolute atomic E-state index is 0.0185. The van der Waals surface area contributed by atoms with Crippen molar-refractivity contribution in [2.24, 2.45) is 57.9 Å². The van der Waals surface area contributed by atoms with Crippen molar-refractivity contribution in [3.63, 3.8) is 0 Å². The van der Waals surface area contributed by atoms with Crippen molar-refractivity contribution in [1.29, 1.82) is 5.41 Å². The van der Waals surface area contributed by atoms with Gasteiger partial charge in [0.05, 0.1) is 49.0 Å². The van der Waals surface area contributed by atoms with Crippen LogP contribution >= 0.6 is 23.5 Å². The molecule has 48 nitrogen and oxygen atoms in total. The summed E-state index contributed by atoms with van der Waals surface area (Å²) in [7, 11) is 0. The molecule has 2 rings (SSSR count). The van der Waals surface area contributed by atoms with Crippen LogP contribution in [0.25, 0.3) is 0 Å². The molecule has 0 fully saturated rings. The Hall–Kier alpha value is -11.8. The van der Waals surface area contributed by atoms with E-state index >= 15 is 0 Å². The SMILES string of the molecule is CSCC[C@H](NC(=O)[C@H](CC(N)=O)NC(=O)[C@@H](N)Cc1c[nH]cn1)C(=O)N[C@@H](Cc1c[nH]cn1)C(=O)N[C@@H](CCC(N)=O)C(=O)N[C@@H](CCCNC(=N)N)C(=O)N[C@@H](CC(N)=O)C(=O)N[C@@H](CCSC)C(=O)N[C@H](C(=O)N[C@@H](CCCCN)C(=O)N[C@@H](CC(C)C)C(=O)N[C@@H](CCC(N)=O)C(=O)N[C@@H](CC(C)C)C(=O)N[C@@H](C)C(=O)N[C@@H](CC(C)C)C(=O)O)[C@@H](C)O. The smallest absolute Gasteiger partial charge is 0.326 e. The zero-order valence-electron chi connectivity index (χ0n) is 73.2. The van der Waals surface area contributed by atoms with Crippen LogP contribution in [0.1, 0.15) is 170 Å². The molecule has 34 N–H and O–H groups in total. The largest absolute Gasteiger partial charge is 0.480 e. The number of aromatic nitrogens is 4. The highest BCUT2D eigenvalue weighted by atomic mass is 32.2. The van der Waals surface area contributed by atoms with E-state index in [9.17, 15) is 101 Å². The van der Waals surface area contributed by atoms with Crippen molar-refractivity contribution >= 4 is 142 Å². The summed E-state index contributed by atoms with van der Waals surface area (Å²) < 4.78 is 0. The quantitative estimate of drug-likeness (QED) is 0.0166. The Balaban J connectivity index is 2.58. The van der Waals surface area contributed by atoms with E-state index in [2.05, 4.69) is 99.7 Å². The summed E-state index contributed by atoms with van der Waals surface area (Å²) >= 11 is 2.44. The van der Waals surface area contributed by atoms with E-state index in [0.717, 1.165) is 6.92 Å². The van der Waals surface area contributed by atoms with Crippen molar-refractivity contribution in [2.75, 3.05) is 37.1 Å². The molecule has 0 saturated carbocycles. The minimum Gasteiger partial charge on any atom is -0.480 e. The first kappa shape index (κ1) is 111. The highest BCUT2D eigenvalue weighted by Crippen LogP contribution is 2.16. The molecule has 0 spiro atoms. The predicted octanol–water partition coefficient (Wildman–Crippen LogP) is -8.16. The Bertz CT molecular complexity index is 3990. The maximum atomic E-state index is 14.7. The molecule has 18 amide bonds. The van der Waals surface area contributed by atoms with Crippen LogP contribution in [0, 0.1) is 23.2 Å². The molecule has 712 valence electrons. The molecule has 2 aromatic rings. The first-order chi connectivity index (χ1) is 59.7. The van der Waals surface area contributed by atoms with Crippen molar-refractivity contribution in [2.45, 2.75) is 268 Å². The van der Waals surface area contributed by atoms with Gasteiger partial charge in [-0.25, -0.2) is 14.8 Å². The van der Waals surface area contributed by atoms with Gasteiger partial charge in [-0.05, 0) is 139 Å². The summed E-state index contributed by atoms with van der Waals surface area (Å²) in [5.74, 6) is -20.9. The lowest BCUT2D eigenvalue weighted by atomic mass is 10.00. The lowest BCUT2D eigenvalue weighted by Crippen LogP contribution is -2.62. The molecule has 0 aliphatic carbocycles. The fourth-order valence-corrected chi connectivity index (χ4v) is 13.4. The third kappa shape index (κ3) is 44.3. The minimum atomic E-state index is -1.98. The first-order valence-corrected chi connectivity index (χ1v) is 44.3. The van der Waals surface area contributed by atoms with E-state index in [-0.39, 0.29) is 112 Å². The number of aliphatic carboxylic acids is 1. The number of aliphatic hydroxyl groups is 1. The second-order valence-corrected chi connectivity index (χ2v) is 33.7. The number of carbonyl (C=O) groups excluding carboxylic acids is 18. The summed E-state index contributed by atoms with van der Waals surface area (Å²) in [5.41, 5.74) is 40.1. The van der Waals surface area contributed by atoms with Gasteiger partial charge in [-0.2, -0.15) is 23.5 Å². The Morgan fingerprint density at radius 2 is 0.724 bits per heavy atom. The molecule has 0 aromatic carbocycles. The number of guanidine groups is 1. The number of rotatable bonds is 64. The summed E-state index contributed by atoms with van der Waals surface area (Å²) in [6.45, 7) is 12.8. The fraction of sp³-hybridized carbons (Fsp3) is 0.662. The van der Waals surface area contributed by atoms with Gasteiger partial charge in [-0.15, -0.1) is 0 Å². The van der Waals surface area contributed by atoms with Gasteiger partial charge in [0.25, 0.3) is 0 Å². The Morgan fingerprint density at radius 3 is 1.10 bits per heavy atom. The van der Waals surface area contributed by atoms with Gasteiger partial charge in [0.1, 0.15) is 84.6 Å². The van der Waals surface area contributed by atoms with Crippen LogP contribution < -0.4 is 120 Å².